The summed E-state index contributed by atoms with van der Waals surface area (Å²) < 4.78 is 0. The van der Waals surface area contributed by atoms with Crippen LogP contribution >= 0.6 is 0 Å². The Bertz CT molecular complexity index is 137. The SMILES string of the molecule is C=C(CCCC)[Si](CC)(CC)CC. The highest BCUT2D eigenvalue weighted by Gasteiger charge is 2.29. The Balaban J connectivity index is 4.26. The van der Waals surface area contributed by atoms with Crippen LogP contribution in [0.25, 0.3) is 0 Å². The van der Waals surface area contributed by atoms with Crippen LogP contribution in [0.2, 0.25) is 18.1 Å². The van der Waals surface area contributed by atoms with Crippen LogP contribution in [-0.4, -0.2) is 8.07 Å². The molecular weight excluding hydrogens is 172 g/mol. The fraction of sp³-hybridized carbons (Fsp3) is 0.833. The van der Waals surface area contributed by atoms with Crippen molar-refractivity contribution >= 4 is 8.07 Å². The third kappa shape index (κ3) is 3.30. The second kappa shape index (κ2) is 6.42. The summed E-state index contributed by atoms with van der Waals surface area (Å²) in [4.78, 5) is 0. The minimum atomic E-state index is -1.05. The van der Waals surface area contributed by atoms with Gasteiger partial charge in [0.15, 0.2) is 0 Å². The van der Waals surface area contributed by atoms with Crippen molar-refractivity contribution in [1.82, 2.24) is 0 Å². The Morgan fingerprint density at radius 2 is 1.46 bits per heavy atom. The maximum atomic E-state index is 4.34. The molecule has 0 rings (SSSR count). The summed E-state index contributed by atoms with van der Waals surface area (Å²) in [6, 6.07) is 4.17. The van der Waals surface area contributed by atoms with E-state index < -0.39 is 8.07 Å². The highest BCUT2D eigenvalue weighted by Crippen LogP contribution is 2.30. The summed E-state index contributed by atoms with van der Waals surface area (Å²) >= 11 is 0. The molecule has 13 heavy (non-hydrogen) atoms. The van der Waals surface area contributed by atoms with Crippen LogP contribution in [0.15, 0.2) is 11.8 Å². The quantitative estimate of drug-likeness (QED) is 0.516. The Morgan fingerprint density at radius 3 is 1.77 bits per heavy atom. The second-order valence-electron chi connectivity index (χ2n) is 4.05. The summed E-state index contributed by atoms with van der Waals surface area (Å²) in [6.07, 6.45) is 3.94. The second-order valence-corrected chi connectivity index (χ2v) is 9.44. The predicted octanol–water partition coefficient (Wildman–Crippen LogP) is 4.78. The van der Waals surface area contributed by atoms with Crippen molar-refractivity contribution in [2.75, 3.05) is 0 Å². The van der Waals surface area contributed by atoms with Gasteiger partial charge in [-0.3, -0.25) is 0 Å². The van der Waals surface area contributed by atoms with Crippen molar-refractivity contribution < 1.29 is 0 Å². The van der Waals surface area contributed by atoms with Gasteiger partial charge < -0.3 is 0 Å². The fourth-order valence-corrected chi connectivity index (χ4v) is 5.86. The first-order chi connectivity index (χ1) is 6.16. The molecule has 0 aromatic carbocycles. The third-order valence-electron chi connectivity index (χ3n) is 3.61. The normalized spacial score (nSPS) is 11.7. The summed E-state index contributed by atoms with van der Waals surface area (Å²) in [7, 11) is -1.05. The van der Waals surface area contributed by atoms with Gasteiger partial charge in [0.2, 0.25) is 0 Å². The summed E-state index contributed by atoms with van der Waals surface area (Å²) in [5.74, 6) is 0. The van der Waals surface area contributed by atoms with Crippen LogP contribution in [0.1, 0.15) is 47.0 Å². The lowest BCUT2D eigenvalue weighted by molar-refractivity contribution is 0.801. The van der Waals surface area contributed by atoms with Crippen molar-refractivity contribution in [3.8, 4) is 0 Å². The van der Waals surface area contributed by atoms with Gasteiger partial charge in [0, 0.05) is 0 Å². The number of rotatable bonds is 7. The van der Waals surface area contributed by atoms with Gasteiger partial charge in [-0.1, -0.05) is 63.9 Å². The van der Waals surface area contributed by atoms with Crippen molar-refractivity contribution in [2.24, 2.45) is 0 Å². The number of unbranched alkanes of at least 4 members (excludes halogenated alkanes) is 1. The van der Waals surface area contributed by atoms with E-state index in [1.54, 1.807) is 5.20 Å². The lowest BCUT2D eigenvalue weighted by atomic mass is 10.2. The number of hydrogen-bond acceptors (Lipinski definition) is 0. The largest absolute Gasteiger partial charge is 0.104 e. The molecule has 0 aromatic rings. The van der Waals surface area contributed by atoms with E-state index in [-0.39, 0.29) is 0 Å². The van der Waals surface area contributed by atoms with E-state index in [0.717, 1.165) is 0 Å². The summed E-state index contributed by atoms with van der Waals surface area (Å²) in [5.41, 5.74) is 0. The van der Waals surface area contributed by atoms with E-state index in [1.165, 1.54) is 37.4 Å². The van der Waals surface area contributed by atoms with Gasteiger partial charge in [0.25, 0.3) is 0 Å². The first-order valence-electron chi connectivity index (χ1n) is 5.85. The molecule has 0 atom stereocenters. The Hall–Kier alpha value is -0.0431. The molecule has 0 aliphatic heterocycles. The molecule has 0 saturated heterocycles. The van der Waals surface area contributed by atoms with E-state index in [1.807, 2.05) is 0 Å². The molecule has 0 spiro atoms. The molecule has 0 amide bonds. The zero-order valence-electron chi connectivity index (χ0n) is 9.95. The van der Waals surface area contributed by atoms with Crippen molar-refractivity contribution in [1.29, 1.82) is 0 Å². The van der Waals surface area contributed by atoms with Crippen LogP contribution in [0.5, 0.6) is 0 Å². The molecule has 0 fully saturated rings. The molecule has 1 heteroatoms. The van der Waals surface area contributed by atoms with Crippen molar-refractivity contribution in [3.63, 3.8) is 0 Å². The van der Waals surface area contributed by atoms with Crippen molar-refractivity contribution in [2.45, 2.75) is 65.1 Å². The minimum Gasteiger partial charge on any atom is -0.104 e. The predicted molar refractivity (Wildman–Crippen MR) is 65.9 cm³/mol. The standard InChI is InChI=1S/C12H26Si/c1-6-10-11-12(5)13(7-2,8-3)9-4/h5-11H2,1-4H3. The topological polar surface area (TPSA) is 0 Å². The molecule has 0 unspecified atom stereocenters. The fourth-order valence-electron chi connectivity index (χ4n) is 2.16. The Morgan fingerprint density at radius 1 is 1.00 bits per heavy atom. The van der Waals surface area contributed by atoms with Gasteiger partial charge in [-0.05, 0) is 6.42 Å². The van der Waals surface area contributed by atoms with Crippen LogP contribution in [0.3, 0.4) is 0 Å². The Kier molecular flexibility index (Phi) is 6.40. The van der Waals surface area contributed by atoms with E-state index in [2.05, 4.69) is 34.3 Å². The van der Waals surface area contributed by atoms with Crippen LogP contribution in [-0.2, 0) is 0 Å². The van der Waals surface area contributed by atoms with E-state index >= 15 is 0 Å². The Labute approximate surface area is 85.4 Å². The maximum absolute atomic E-state index is 4.34. The van der Waals surface area contributed by atoms with Gasteiger partial charge in [-0.2, -0.15) is 0 Å². The maximum Gasteiger partial charge on any atom is 0.0799 e. The monoisotopic (exact) mass is 198 g/mol. The van der Waals surface area contributed by atoms with Gasteiger partial charge in [0.1, 0.15) is 0 Å². The number of hydrogen-bond donors (Lipinski definition) is 0. The molecule has 0 aliphatic carbocycles. The van der Waals surface area contributed by atoms with Gasteiger partial charge in [-0.25, -0.2) is 0 Å². The smallest absolute Gasteiger partial charge is 0.0799 e. The lowest BCUT2D eigenvalue weighted by Gasteiger charge is -2.30. The first kappa shape index (κ1) is 13.0. The molecule has 0 radical (unpaired) electrons. The summed E-state index contributed by atoms with van der Waals surface area (Å²) in [6.45, 7) is 13.7. The van der Waals surface area contributed by atoms with E-state index in [0.29, 0.717) is 0 Å². The van der Waals surface area contributed by atoms with Crippen LogP contribution in [0.4, 0.5) is 0 Å². The molecule has 0 N–H and O–H groups in total. The summed E-state index contributed by atoms with van der Waals surface area (Å²) in [5, 5.41) is 1.63. The molecule has 0 bridgehead atoms. The van der Waals surface area contributed by atoms with Crippen molar-refractivity contribution in [3.05, 3.63) is 11.8 Å². The van der Waals surface area contributed by atoms with E-state index in [4.69, 9.17) is 0 Å². The first-order valence-corrected chi connectivity index (χ1v) is 8.47. The molecule has 0 saturated carbocycles. The zero-order valence-corrected chi connectivity index (χ0v) is 10.9. The molecule has 78 valence electrons. The van der Waals surface area contributed by atoms with E-state index in [9.17, 15) is 0 Å². The highest BCUT2D eigenvalue weighted by atomic mass is 28.3. The van der Waals surface area contributed by atoms with Gasteiger partial charge in [-0.15, -0.1) is 6.58 Å². The van der Waals surface area contributed by atoms with Gasteiger partial charge in [0.05, 0.1) is 8.07 Å². The average molecular weight is 198 g/mol. The molecule has 0 aromatic heterocycles. The highest BCUT2D eigenvalue weighted by molar-refractivity contribution is 6.86. The molecule has 0 heterocycles. The molecule has 0 nitrogen and oxygen atoms in total. The minimum absolute atomic E-state index is 1.05. The molecular formula is C12H26Si. The zero-order chi connectivity index (χ0) is 10.3. The molecule has 0 aliphatic rings. The lowest BCUT2D eigenvalue weighted by Crippen LogP contribution is -2.34. The van der Waals surface area contributed by atoms with Gasteiger partial charge >= 0.3 is 0 Å². The third-order valence-corrected chi connectivity index (χ3v) is 9.42. The van der Waals surface area contributed by atoms with Crippen LogP contribution in [0, 0.1) is 0 Å². The average Bonchev–Trinajstić information content (AvgIpc) is 2.18. The number of allylic oxidation sites excluding steroid dienone is 1. The van der Waals surface area contributed by atoms with Crippen LogP contribution < -0.4 is 0 Å².